The van der Waals surface area contributed by atoms with Crippen molar-refractivity contribution in [3.8, 4) is 5.75 Å². The van der Waals surface area contributed by atoms with E-state index < -0.39 is 29.8 Å². The number of rotatable bonds is 4. The van der Waals surface area contributed by atoms with Gasteiger partial charge in [0.1, 0.15) is 11.4 Å². The van der Waals surface area contributed by atoms with Crippen molar-refractivity contribution in [2.24, 2.45) is 10.7 Å². The number of amidine groups is 1. The van der Waals surface area contributed by atoms with E-state index in [9.17, 15) is 19.2 Å². The van der Waals surface area contributed by atoms with Crippen molar-refractivity contribution in [2.45, 2.75) is 59.1 Å². The number of hydrogen-bond donors (Lipinski definition) is 3. The van der Waals surface area contributed by atoms with Crippen LogP contribution in [0.15, 0.2) is 29.4 Å². The number of nitrogens with zero attached hydrogens (tertiary/aromatic N) is 2. The molecule has 4 amide bonds. The number of aromatic amines is 1. The predicted octanol–water partition coefficient (Wildman–Crippen LogP) is 5.07. The third-order valence-electron chi connectivity index (χ3n) is 4.30. The van der Waals surface area contributed by atoms with Gasteiger partial charge in [-0.25, -0.2) is 14.4 Å². The summed E-state index contributed by atoms with van der Waals surface area (Å²) < 4.78 is 15.5. The minimum Gasteiger partial charge on any atom is -0.497 e. The number of carbonyl (C=O) groups excluding carboxylic acids is 4. The molecule has 1 aromatic heterocycles. The zero-order chi connectivity index (χ0) is 30.0. The van der Waals surface area contributed by atoms with Crippen LogP contribution in [-0.4, -0.2) is 69.4 Å². The van der Waals surface area contributed by atoms with Crippen LogP contribution in [0.3, 0.4) is 0 Å². The number of amides is 4. The number of urea groups is 1. The number of imide groups is 1. The zero-order valence-electron chi connectivity index (χ0n) is 23.7. The maximum absolute atomic E-state index is 11.9. The molecule has 0 aliphatic heterocycles. The Labute approximate surface area is 236 Å². The fourth-order valence-corrected chi connectivity index (χ4v) is 3.75. The number of primary amides is 1. The van der Waals surface area contributed by atoms with E-state index in [1.165, 1.54) is 18.0 Å². The van der Waals surface area contributed by atoms with Crippen molar-refractivity contribution in [3.63, 3.8) is 0 Å². The molecule has 0 aliphatic rings. The van der Waals surface area contributed by atoms with E-state index in [0.29, 0.717) is 20.8 Å². The third kappa shape index (κ3) is 12.3. The van der Waals surface area contributed by atoms with E-state index in [4.69, 9.17) is 15.2 Å². The molecule has 1 heterocycles. The second-order valence-corrected chi connectivity index (χ2v) is 11.4. The van der Waals surface area contributed by atoms with E-state index in [2.05, 4.69) is 20.0 Å². The molecular weight excluding hydrogens is 546 g/mol. The van der Waals surface area contributed by atoms with E-state index in [1.807, 2.05) is 53.9 Å². The molecule has 2 aromatic rings. The summed E-state index contributed by atoms with van der Waals surface area (Å²) in [7, 11) is 1.54. The molecule has 0 unspecified atom stereocenters. The van der Waals surface area contributed by atoms with Crippen LogP contribution in [0, 0.1) is 0 Å². The highest BCUT2D eigenvalue weighted by atomic mass is 32.2. The highest BCUT2D eigenvalue weighted by molar-refractivity contribution is 8.13. The summed E-state index contributed by atoms with van der Waals surface area (Å²) in [6.45, 7) is 11.4. The lowest BCUT2D eigenvalue weighted by atomic mass is 10.1. The lowest BCUT2D eigenvalue weighted by Gasteiger charge is -2.21. The van der Waals surface area contributed by atoms with Crippen LogP contribution in [0.1, 0.15) is 47.1 Å². The number of methoxy groups -OCH3 is 1. The Morgan fingerprint density at radius 2 is 1.74 bits per heavy atom. The van der Waals surface area contributed by atoms with Gasteiger partial charge in [0.2, 0.25) is 0 Å². The number of nitrogens with one attached hydrogen (secondary N) is 2. The van der Waals surface area contributed by atoms with Crippen LogP contribution in [0.25, 0.3) is 10.9 Å². The lowest BCUT2D eigenvalue weighted by Crippen LogP contribution is -2.36. The predicted molar refractivity (Wildman–Crippen MR) is 155 cm³/mol. The molecule has 0 saturated heterocycles. The van der Waals surface area contributed by atoms with Crippen LogP contribution in [0.4, 0.5) is 14.4 Å². The van der Waals surface area contributed by atoms with Gasteiger partial charge in [0.25, 0.3) is 0 Å². The van der Waals surface area contributed by atoms with Crippen LogP contribution in [0.2, 0.25) is 0 Å². The molecule has 0 spiro atoms. The molecule has 2 rings (SSSR count). The number of carbonyl (C=O) groups is 4. The SMILES string of the molecule is COc1ccc2[nH]cc(CC(=O)OC(=O)N(SC)C(N)=O)c2c1.CSC(=NC(C)(C)C)NC(=O)OC(C)(C)C. The summed E-state index contributed by atoms with van der Waals surface area (Å²) in [6, 6.07) is 4.37. The quantitative estimate of drug-likeness (QED) is 0.146. The number of H-pyrrole nitrogens is 1. The fourth-order valence-electron chi connectivity index (χ4n) is 2.84. The number of fused-ring (bicyclic) bond motifs is 1. The first-order chi connectivity index (χ1) is 18.0. The molecular formula is C25H37N5O7S2. The Balaban J connectivity index is 0.000000420. The molecule has 216 valence electrons. The molecule has 0 bridgehead atoms. The Morgan fingerprint density at radius 3 is 2.23 bits per heavy atom. The number of hydrogen-bond acceptors (Lipinski definition) is 10. The molecule has 0 saturated carbocycles. The standard InChI is InChI=1S/C14H15N3O5S.C11H22N2O2S/c1-21-9-3-4-11-10(6-9)8(7-16-11)5-12(18)22-14(20)17(23-2)13(15)19;1-10(2,3)13-8(16-7)12-9(14)15-11(4,5)6/h3-4,6-7,16H,5H2,1-2H3,(H2,15,19);1-7H3,(H,12,13,14). The summed E-state index contributed by atoms with van der Waals surface area (Å²) >= 11 is 2.14. The van der Waals surface area contributed by atoms with Gasteiger partial charge in [0, 0.05) is 23.4 Å². The van der Waals surface area contributed by atoms with Gasteiger partial charge in [-0.2, -0.15) is 4.31 Å². The molecule has 39 heavy (non-hydrogen) atoms. The topological polar surface area (TPSA) is 165 Å². The molecule has 0 atom stereocenters. The largest absolute Gasteiger partial charge is 0.497 e. The maximum Gasteiger partial charge on any atom is 0.436 e. The van der Waals surface area contributed by atoms with Gasteiger partial charge in [0.15, 0.2) is 5.17 Å². The van der Waals surface area contributed by atoms with Crippen molar-refractivity contribution >= 4 is 64.0 Å². The molecule has 12 nitrogen and oxygen atoms in total. The Bertz CT molecular complexity index is 1200. The fraction of sp³-hybridized carbons (Fsp3) is 0.480. The summed E-state index contributed by atoms with van der Waals surface area (Å²) in [5.74, 6) is -0.149. The highest BCUT2D eigenvalue weighted by Gasteiger charge is 2.23. The second-order valence-electron chi connectivity index (χ2n) is 9.88. The summed E-state index contributed by atoms with van der Waals surface area (Å²) in [6.07, 6.45) is 3.25. The van der Waals surface area contributed by atoms with Crippen LogP contribution >= 0.6 is 23.7 Å². The Morgan fingerprint density at radius 1 is 1.10 bits per heavy atom. The minimum absolute atomic E-state index is 0.139. The summed E-state index contributed by atoms with van der Waals surface area (Å²) in [4.78, 5) is 53.4. The van der Waals surface area contributed by atoms with Crippen molar-refractivity contribution < 1.29 is 33.4 Å². The normalized spacial score (nSPS) is 11.7. The number of thioether (sulfide) groups is 1. The van der Waals surface area contributed by atoms with E-state index in [-0.39, 0.29) is 12.0 Å². The summed E-state index contributed by atoms with van der Waals surface area (Å²) in [5, 5.41) is 3.99. The van der Waals surface area contributed by atoms with Crippen molar-refractivity contribution in [2.75, 3.05) is 19.6 Å². The van der Waals surface area contributed by atoms with Gasteiger partial charge in [0.05, 0.1) is 19.1 Å². The first kappa shape index (κ1) is 33.6. The Kier molecular flexibility index (Phi) is 12.7. The number of benzene rings is 1. The first-order valence-corrected chi connectivity index (χ1v) is 14.1. The van der Waals surface area contributed by atoms with E-state index in [0.717, 1.165) is 22.9 Å². The van der Waals surface area contributed by atoms with Gasteiger partial charge in [-0.05, 0) is 83.5 Å². The average molecular weight is 584 g/mol. The average Bonchev–Trinajstić information content (AvgIpc) is 3.18. The molecule has 0 radical (unpaired) electrons. The number of aliphatic imine (C=N–C) groups is 1. The monoisotopic (exact) mass is 583 g/mol. The molecule has 0 fully saturated rings. The van der Waals surface area contributed by atoms with Crippen LogP contribution < -0.4 is 15.8 Å². The van der Waals surface area contributed by atoms with Crippen LogP contribution in [0.5, 0.6) is 5.75 Å². The smallest absolute Gasteiger partial charge is 0.436 e. The van der Waals surface area contributed by atoms with Gasteiger partial charge >= 0.3 is 24.2 Å². The number of ether oxygens (including phenoxy) is 3. The summed E-state index contributed by atoms with van der Waals surface area (Å²) in [5.41, 5.74) is 5.76. The molecule has 1 aromatic carbocycles. The van der Waals surface area contributed by atoms with Crippen molar-refractivity contribution in [1.82, 2.24) is 14.6 Å². The second kappa shape index (κ2) is 14.7. The third-order valence-corrected chi connectivity index (χ3v) is 5.57. The molecule has 14 heteroatoms. The maximum atomic E-state index is 11.9. The number of alkyl carbamates (subject to hydrolysis) is 1. The van der Waals surface area contributed by atoms with Gasteiger partial charge < -0.3 is 24.9 Å². The van der Waals surface area contributed by atoms with E-state index in [1.54, 1.807) is 25.4 Å². The van der Waals surface area contributed by atoms with Crippen molar-refractivity contribution in [3.05, 3.63) is 30.0 Å². The zero-order valence-corrected chi connectivity index (χ0v) is 25.3. The molecule has 4 N–H and O–H groups in total. The minimum atomic E-state index is -1.12. The molecule has 0 aliphatic carbocycles. The number of aromatic nitrogens is 1. The first-order valence-electron chi connectivity index (χ1n) is 11.7. The van der Waals surface area contributed by atoms with Crippen LogP contribution in [-0.2, 0) is 20.7 Å². The van der Waals surface area contributed by atoms with E-state index >= 15 is 0 Å². The highest BCUT2D eigenvalue weighted by Crippen LogP contribution is 2.24. The number of esters is 1. The van der Waals surface area contributed by atoms with Crippen molar-refractivity contribution in [1.29, 1.82) is 0 Å². The van der Waals surface area contributed by atoms with Gasteiger partial charge in [-0.1, -0.05) is 11.8 Å². The number of nitrogens with two attached hydrogens (primary N) is 1. The van der Waals surface area contributed by atoms with Gasteiger partial charge in [-0.15, -0.1) is 0 Å². The van der Waals surface area contributed by atoms with Gasteiger partial charge in [-0.3, -0.25) is 15.1 Å². The Hall–Kier alpha value is -3.39. The lowest BCUT2D eigenvalue weighted by molar-refractivity contribution is -0.136.